The predicted molar refractivity (Wildman–Crippen MR) is 129 cm³/mol. The van der Waals surface area contributed by atoms with Crippen LogP contribution in [0.25, 0.3) is 0 Å². The van der Waals surface area contributed by atoms with Crippen molar-refractivity contribution >= 4 is 47.2 Å². The Morgan fingerprint density at radius 3 is 2.57 bits per heavy atom. The number of nitrogens with zero attached hydrogens (tertiary/aromatic N) is 3. The Kier molecular flexibility index (Phi) is 12.9. The molecular weight excluding hydrogens is 491 g/mol. The highest BCUT2D eigenvalue weighted by molar-refractivity contribution is 14.0. The number of rotatable bonds is 9. The van der Waals surface area contributed by atoms with E-state index in [9.17, 15) is 0 Å². The van der Waals surface area contributed by atoms with E-state index in [0.29, 0.717) is 13.2 Å². The highest BCUT2D eigenvalue weighted by atomic mass is 127. The van der Waals surface area contributed by atoms with Crippen molar-refractivity contribution in [2.45, 2.75) is 19.8 Å². The molecule has 0 radical (unpaired) electrons. The van der Waals surface area contributed by atoms with Gasteiger partial charge in [-0.05, 0) is 37.5 Å². The summed E-state index contributed by atoms with van der Waals surface area (Å²) in [5, 5.41) is 4.27. The molecule has 6 nitrogen and oxygen atoms in total. The fraction of sp³-hybridized carbons (Fsp3) is 0.650. The third-order valence-electron chi connectivity index (χ3n) is 4.73. The molecule has 0 spiro atoms. The number of halogens is 2. The molecule has 160 valence electrons. The van der Waals surface area contributed by atoms with Crippen LogP contribution in [0.4, 0.5) is 5.69 Å². The van der Waals surface area contributed by atoms with Gasteiger partial charge >= 0.3 is 0 Å². The van der Waals surface area contributed by atoms with Crippen molar-refractivity contribution in [1.29, 1.82) is 0 Å². The molecule has 1 heterocycles. The molecule has 0 bridgehead atoms. The van der Waals surface area contributed by atoms with Crippen molar-refractivity contribution in [2.24, 2.45) is 4.99 Å². The van der Waals surface area contributed by atoms with Crippen LogP contribution in [0.5, 0.6) is 0 Å². The number of ether oxygens (including phenoxy) is 2. The maximum Gasteiger partial charge on any atom is 0.193 e. The van der Waals surface area contributed by atoms with Gasteiger partial charge in [-0.15, -0.1) is 24.0 Å². The first-order valence-corrected chi connectivity index (χ1v) is 10.1. The van der Waals surface area contributed by atoms with Crippen LogP contribution in [0, 0.1) is 6.92 Å². The number of aliphatic imine (C=N–C) groups is 1. The van der Waals surface area contributed by atoms with Gasteiger partial charge in [-0.25, -0.2) is 0 Å². The summed E-state index contributed by atoms with van der Waals surface area (Å²) in [6.45, 7) is 8.99. The van der Waals surface area contributed by atoms with Crippen molar-refractivity contribution in [3.05, 3.63) is 28.8 Å². The van der Waals surface area contributed by atoms with E-state index < -0.39 is 0 Å². The van der Waals surface area contributed by atoms with Crippen LogP contribution in [0.1, 0.15) is 18.4 Å². The van der Waals surface area contributed by atoms with E-state index in [1.165, 1.54) is 11.3 Å². The zero-order chi connectivity index (χ0) is 19.5. The van der Waals surface area contributed by atoms with Crippen molar-refractivity contribution in [2.75, 3.05) is 71.6 Å². The molecule has 1 N–H and O–H groups in total. The number of aryl methyl sites for hydroxylation is 1. The van der Waals surface area contributed by atoms with Crippen LogP contribution in [-0.4, -0.2) is 77.6 Å². The maximum absolute atomic E-state index is 6.17. The molecule has 1 aliphatic heterocycles. The van der Waals surface area contributed by atoms with Crippen molar-refractivity contribution in [3.8, 4) is 0 Å². The van der Waals surface area contributed by atoms with Gasteiger partial charge in [-0.1, -0.05) is 17.7 Å². The quantitative estimate of drug-likeness (QED) is 0.232. The predicted octanol–water partition coefficient (Wildman–Crippen LogP) is 3.41. The summed E-state index contributed by atoms with van der Waals surface area (Å²) in [4.78, 5) is 9.17. The molecule has 0 aliphatic carbocycles. The van der Waals surface area contributed by atoms with Gasteiger partial charge in [-0.2, -0.15) is 0 Å². The summed E-state index contributed by atoms with van der Waals surface area (Å²) >= 11 is 6.17. The SMILES string of the molecule is CN=C(NCCCCOCCOC)N1CCN(c2cc(Cl)ccc2C)CC1.I. The number of unbranched alkanes of at least 4 members (excludes halogenated alkanes) is 1. The van der Waals surface area contributed by atoms with E-state index in [0.717, 1.165) is 63.2 Å². The topological polar surface area (TPSA) is 49.3 Å². The Morgan fingerprint density at radius 2 is 1.89 bits per heavy atom. The molecule has 1 fully saturated rings. The molecule has 0 atom stereocenters. The molecule has 0 saturated carbocycles. The standard InChI is InChI=1S/C20H33ClN4O2.HI/c1-17-6-7-18(21)16-19(17)24-9-11-25(12-10-24)20(22-2)23-8-4-5-13-27-15-14-26-3;/h6-7,16H,4-5,8-15H2,1-3H3,(H,22,23);1H. The smallest absolute Gasteiger partial charge is 0.193 e. The van der Waals surface area contributed by atoms with E-state index >= 15 is 0 Å². The lowest BCUT2D eigenvalue weighted by atomic mass is 10.1. The lowest BCUT2D eigenvalue weighted by molar-refractivity contribution is 0.0689. The first kappa shape index (κ1) is 25.3. The zero-order valence-corrected chi connectivity index (χ0v) is 20.3. The largest absolute Gasteiger partial charge is 0.382 e. The minimum Gasteiger partial charge on any atom is -0.382 e. The summed E-state index contributed by atoms with van der Waals surface area (Å²) in [6.07, 6.45) is 2.10. The van der Waals surface area contributed by atoms with Gasteiger partial charge in [0.15, 0.2) is 5.96 Å². The Balaban J connectivity index is 0.00000392. The summed E-state index contributed by atoms with van der Waals surface area (Å²) in [5.41, 5.74) is 2.50. The molecule has 0 aromatic heterocycles. The average molecular weight is 525 g/mol. The van der Waals surface area contributed by atoms with E-state index in [-0.39, 0.29) is 24.0 Å². The number of hydrogen-bond acceptors (Lipinski definition) is 4. The number of piperazine rings is 1. The zero-order valence-electron chi connectivity index (χ0n) is 17.2. The number of guanidine groups is 1. The molecule has 1 aromatic rings. The minimum absolute atomic E-state index is 0. The van der Waals surface area contributed by atoms with Crippen LogP contribution in [0.3, 0.4) is 0 Å². The summed E-state index contributed by atoms with van der Waals surface area (Å²) in [6, 6.07) is 6.10. The second-order valence-corrected chi connectivity index (χ2v) is 7.13. The first-order valence-electron chi connectivity index (χ1n) is 9.69. The number of nitrogens with one attached hydrogen (secondary N) is 1. The normalized spacial score (nSPS) is 14.8. The van der Waals surface area contributed by atoms with Crippen LogP contribution >= 0.6 is 35.6 Å². The highest BCUT2D eigenvalue weighted by Gasteiger charge is 2.20. The molecule has 2 rings (SSSR count). The van der Waals surface area contributed by atoms with Crippen molar-refractivity contribution in [3.63, 3.8) is 0 Å². The number of benzene rings is 1. The monoisotopic (exact) mass is 524 g/mol. The fourth-order valence-electron chi connectivity index (χ4n) is 3.19. The average Bonchev–Trinajstić information content (AvgIpc) is 2.69. The number of hydrogen-bond donors (Lipinski definition) is 1. The third kappa shape index (κ3) is 8.31. The fourth-order valence-corrected chi connectivity index (χ4v) is 3.35. The molecule has 28 heavy (non-hydrogen) atoms. The van der Waals surface area contributed by atoms with E-state index in [2.05, 4.69) is 39.2 Å². The maximum atomic E-state index is 6.17. The van der Waals surface area contributed by atoms with Crippen molar-refractivity contribution in [1.82, 2.24) is 10.2 Å². The van der Waals surface area contributed by atoms with Crippen molar-refractivity contribution < 1.29 is 9.47 Å². The van der Waals surface area contributed by atoms with Gasteiger partial charge in [0.2, 0.25) is 0 Å². The second-order valence-electron chi connectivity index (χ2n) is 6.69. The second kappa shape index (κ2) is 14.3. The molecule has 1 aromatic carbocycles. The molecule has 8 heteroatoms. The highest BCUT2D eigenvalue weighted by Crippen LogP contribution is 2.25. The van der Waals surface area contributed by atoms with Gasteiger partial charge in [-0.3, -0.25) is 4.99 Å². The molecule has 1 aliphatic rings. The van der Waals surface area contributed by atoms with Gasteiger partial charge in [0.1, 0.15) is 0 Å². The molecule has 0 unspecified atom stereocenters. The molecule has 1 saturated heterocycles. The lowest BCUT2D eigenvalue weighted by Gasteiger charge is -2.38. The molecular formula is C20H34ClIN4O2. The van der Waals surface area contributed by atoms with Crippen LogP contribution in [0.2, 0.25) is 5.02 Å². The van der Waals surface area contributed by atoms with E-state index in [4.69, 9.17) is 21.1 Å². The first-order chi connectivity index (χ1) is 13.2. The Bertz CT molecular complexity index is 596. The lowest BCUT2D eigenvalue weighted by Crippen LogP contribution is -2.52. The minimum atomic E-state index is 0. The summed E-state index contributed by atoms with van der Waals surface area (Å²) in [5.74, 6) is 0.984. The number of methoxy groups -OCH3 is 1. The van der Waals surface area contributed by atoms with E-state index in [1.807, 2.05) is 13.1 Å². The molecule has 0 amide bonds. The van der Waals surface area contributed by atoms with Gasteiger partial charge in [0.05, 0.1) is 13.2 Å². The Hall–Kier alpha value is -0.770. The van der Waals surface area contributed by atoms with Crippen LogP contribution in [-0.2, 0) is 9.47 Å². The van der Waals surface area contributed by atoms with Crippen LogP contribution in [0.15, 0.2) is 23.2 Å². The van der Waals surface area contributed by atoms with E-state index in [1.54, 1.807) is 7.11 Å². The Morgan fingerprint density at radius 1 is 1.14 bits per heavy atom. The van der Waals surface area contributed by atoms with Gasteiger partial charge in [0, 0.05) is 64.2 Å². The summed E-state index contributed by atoms with van der Waals surface area (Å²) < 4.78 is 10.4. The Labute approximate surface area is 191 Å². The number of anilines is 1. The van der Waals surface area contributed by atoms with Gasteiger partial charge < -0.3 is 24.6 Å². The summed E-state index contributed by atoms with van der Waals surface area (Å²) in [7, 11) is 3.54. The van der Waals surface area contributed by atoms with Crippen LogP contribution < -0.4 is 10.2 Å². The third-order valence-corrected chi connectivity index (χ3v) is 4.97. The van der Waals surface area contributed by atoms with Gasteiger partial charge in [0.25, 0.3) is 0 Å².